The molecule has 2 bridgehead atoms. The molecule has 2 aromatic rings. The Morgan fingerprint density at radius 3 is 2.02 bits per heavy atom. The van der Waals surface area contributed by atoms with Crippen molar-refractivity contribution in [3.05, 3.63) is 34.5 Å². The lowest BCUT2D eigenvalue weighted by atomic mass is 9.52. The average molecular weight is 582 g/mol. The Morgan fingerprint density at radius 2 is 1.57 bits per heavy atom. The molecule has 1 aromatic heterocycles. The van der Waals surface area contributed by atoms with Gasteiger partial charge >= 0.3 is 18.3 Å². The van der Waals surface area contributed by atoms with Gasteiger partial charge in [-0.3, -0.25) is 4.79 Å². The Morgan fingerprint density at radius 1 is 1.00 bits per heavy atom. The quantitative estimate of drug-likeness (QED) is 0.273. The van der Waals surface area contributed by atoms with Gasteiger partial charge in [0.25, 0.3) is 5.89 Å². The molecule has 0 radical (unpaired) electrons. The minimum absolute atomic E-state index is 0.134. The molecule has 4 saturated carbocycles. The van der Waals surface area contributed by atoms with Crippen molar-refractivity contribution in [1.29, 1.82) is 0 Å². The summed E-state index contributed by atoms with van der Waals surface area (Å²) in [6, 6.07) is 0.809. The van der Waals surface area contributed by atoms with Gasteiger partial charge in [-0.1, -0.05) is 11.6 Å². The number of amides is 1. The molecule has 1 amide bonds. The number of hydrogen-bond acceptors (Lipinski definition) is 5. The highest BCUT2D eigenvalue weighted by molar-refractivity contribution is 5.94. The van der Waals surface area contributed by atoms with Crippen LogP contribution in [0.4, 0.5) is 40.8 Å². The van der Waals surface area contributed by atoms with Crippen molar-refractivity contribution in [2.75, 3.05) is 5.32 Å². The lowest BCUT2D eigenvalue weighted by Gasteiger charge is -2.52. The van der Waals surface area contributed by atoms with Gasteiger partial charge in [0, 0.05) is 18.3 Å². The molecule has 4 aliphatic rings. The topological polar surface area (TPSA) is 88.2 Å². The van der Waals surface area contributed by atoms with Gasteiger partial charge in [-0.05, 0) is 74.8 Å². The second kappa shape index (κ2) is 9.30. The molecule has 0 saturated heterocycles. The molecule has 14 heteroatoms. The van der Waals surface area contributed by atoms with Crippen molar-refractivity contribution in [3.63, 3.8) is 0 Å². The lowest BCUT2D eigenvalue weighted by molar-refractivity contribution is -0.162. The predicted octanol–water partition coefficient (Wildman–Crippen LogP) is 7.50. The van der Waals surface area contributed by atoms with Crippen LogP contribution >= 0.6 is 0 Å². The third-order valence-electron chi connectivity index (χ3n) is 8.92. The molecule has 0 unspecified atom stereocenters. The second-order valence-corrected chi connectivity index (χ2v) is 11.6. The Labute approximate surface area is 223 Å². The summed E-state index contributed by atoms with van der Waals surface area (Å²) in [4.78, 5) is 16.4. The van der Waals surface area contributed by atoms with E-state index < -0.39 is 69.4 Å². The number of fused-ring (bicyclic) bond motifs is 3. The van der Waals surface area contributed by atoms with E-state index >= 15 is 0 Å². The monoisotopic (exact) mass is 581 g/mol. The van der Waals surface area contributed by atoms with Gasteiger partial charge in [-0.15, -0.1) is 0 Å². The molecule has 0 atom stereocenters. The van der Waals surface area contributed by atoms with E-state index in [4.69, 9.17) is 4.52 Å². The predicted molar refractivity (Wildman–Crippen MR) is 123 cm³/mol. The Balaban J connectivity index is 1.47. The number of alkyl halides is 8. The van der Waals surface area contributed by atoms with Crippen molar-refractivity contribution >= 4 is 11.6 Å². The summed E-state index contributed by atoms with van der Waals surface area (Å²) in [6.07, 6.45) is -7.29. The van der Waals surface area contributed by atoms with Gasteiger partial charge in [0.2, 0.25) is 5.91 Å². The van der Waals surface area contributed by atoms with Crippen molar-refractivity contribution in [2.45, 2.75) is 94.8 Å². The van der Waals surface area contributed by atoms with Gasteiger partial charge in [0.05, 0.1) is 11.3 Å². The third kappa shape index (κ3) is 5.02. The number of aromatic hydroxyl groups is 1. The standard InChI is InChI=1S/C26H27F8N3O3/c1-22(27,28)21-36-20(37-40-21)24-8-5-23(6-9-24,7-10-24)12-14-11-15(35-19(39)13-3-2-4-13)16(25(29,30)31)17(18(14)38)26(32,33)34/h11,13,38H,2-10,12H2,1H3,(H,35,39). The third-order valence-corrected chi connectivity index (χ3v) is 8.92. The van der Waals surface area contributed by atoms with Gasteiger partial charge in [-0.2, -0.15) is 40.1 Å². The SMILES string of the molecule is CC(F)(F)c1nc(C23CCC(Cc4cc(NC(=O)C5CCC5)c(C(F)(F)F)c(C(F)(F)F)c4O)(CC2)CC3)no1. The van der Waals surface area contributed by atoms with Gasteiger partial charge in [0.1, 0.15) is 11.3 Å². The number of benzene rings is 1. The summed E-state index contributed by atoms with van der Waals surface area (Å²) in [6.45, 7) is 0.628. The highest BCUT2D eigenvalue weighted by atomic mass is 19.4. The number of phenols is 1. The number of rotatable bonds is 6. The number of nitrogens with one attached hydrogen (secondary N) is 1. The molecule has 1 aromatic carbocycles. The molecule has 4 fully saturated rings. The largest absolute Gasteiger partial charge is 0.507 e. The van der Waals surface area contributed by atoms with Crippen LogP contribution in [0, 0.1) is 11.3 Å². The molecule has 6 nitrogen and oxygen atoms in total. The highest BCUT2D eigenvalue weighted by Crippen LogP contribution is 2.60. The van der Waals surface area contributed by atoms with Crippen molar-refractivity contribution in [2.24, 2.45) is 11.3 Å². The zero-order valence-electron chi connectivity index (χ0n) is 21.4. The number of anilines is 1. The van der Waals surface area contributed by atoms with E-state index in [0.29, 0.717) is 64.7 Å². The molecule has 0 spiro atoms. The maximum atomic E-state index is 14.0. The van der Waals surface area contributed by atoms with E-state index in [2.05, 4.69) is 15.5 Å². The first-order valence-electron chi connectivity index (χ1n) is 13.0. The maximum absolute atomic E-state index is 14.0. The van der Waals surface area contributed by atoms with Gasteiger partial charge < -0.3 is 14.9 Å². The summed E-state index contributed by atoms with van der Waals surface area (Å²) < 4.78 is 116. The van der Waals surface area contributed by atoms with E-state index in [9.17, 15) is 45.0 Å². The number of aromatic nitrogens is 2. The fraction of sp³-hybridized carbons (Fsp3) is 0.654. The number of carbonyl (C=O) groups is 1. The summed E-state index contributed by atoms with van der Waals surface area (Å²) in [7, 11) is 0. The first-order valence-corrected chi connectivity index (χ1v) is 13.0. The molecule has 2 N–H and O–H groups in total. The smallest absolute Gasteiger partial charge is 0.420 e. The highest BCUT2D eigenvalue weighted by Gasteiger charge is 2.53. The number of halogens is 8. The normalized spacial score (nSPS) is 25.6. The molecular weight excluding hydrogens is 554 g/mol. The van der Waals surface area contributed by atoms with Gasteiger partial charge in [0.15, 0.2) is 5.82 Å². The van der Waals surface area contributed by atoms with Crippen LogP contribution < -0.4 is 5.32 Å². The Kier molecular flexibility index (Phi) is 6.65. The Hall–Kier alpha value is -2.93. The van der Waals surface area contributed by atoms with Crippen LogP contribution in [0.25, 0.3) is 0 Å². The van der Waals surface area contributed by atoms with Crippen LogP contribution in [0.2, 0.25) is 0 Å². The molecule has 40 heavy (non-hydrogen) atoms. The molecule has 1 heterocycles. The van der Waals surface area contributed by atoms with E-state index in [0.717, 1.165) is 6.07 Å². The first-order chi connectivity index (χ1) is 18.4. The van der Waals surface area contributed by atoms with Crippen LogP contribution in [0.5, 0.6) is 5.75 Å². The summed E-state index contributed by atoms with van der Waals surface area (Å²) in [5, 5.41) is 16.4. The summed E-state index contributed by atoms with van der Waals surface area (Å²) >= 11 is 0. The van der Waals surface area contributed by atoms with Crippen LogP contribution in [0.1, 0.15) is 93.1 Å². The Bertz CT molecular complexity index is 1280. The number of nitrogens with zero attached hydrogens (tertiary/aromatic N) is 2. The van der Waals surface area contributed by atoms with E-state index in [1.165, 1.54) is 0 Å². The maximum Gasteiger partial charge on any atom is 0.420 e. The average Bonchev–Trinajstić information content (AvgIpc) is 3.31. The fourth-order valence-electron chi connectivity index (χ4n) is 6.32. The molecule has 4 aliphatic carbocycles. The second-order valence-electron chi connectivity index (χ2n) is 11.6. The first kappa shape index (κ1) is 28.6. The summed E-state index contributed by atoms with van der Waals surface area (Å²) in [5.74, 6) is -6.89. The van der Waals surface area contributed by atoms with E-state index in [1.54, 1.807) is 0 Å². The van der Waals surface area contributed by atoms with Crippen molar-refractivity contribution in [3.8, 4) is 5.75 Å². The molecule has 220 valence electrons. The number of hydrogen-bond donors (Lipinski definition) is 2. The minimum atomic E-state index is -5.55. The van der Waals surface area contributed by atoms with Crippen molar-refractivity contribution in [1.82, 2.24) is 10.1 Å². The van der Waals surface area contributed by atoms with Crippen LogP contribution in [-0.2, 0) is 34.9 Å². The van der Waals surface area contributed by atoms with Crippen molar-refractivity contribution < 1.29 is 49.5 Å². The van der Waals surface area contributed by atoms with E-state index in [-0.39, 0.29) is 17.8 Å². The van der Waals surface area contributed by atoms with Crippen LogP contribution in [0.3, 0.4) is 0 Å². The van der Waals surface area contributed by atoms with Crippen LogP contribution in [-0.4, -0.2) is 21.2 Å². The van der Waals surface area contributed by atoms with Gasteiger partial charge in [-0.25, -0.2) is 0 Å². The fourth-order valence-corrected chi connectivity index (χ4v) is 6.32. The summed E-state index contributed by atoms with van der Waals surface area (Å²) in [5.41, 5.74) is -7.03. The molecular formula is C26H27F8N3O3. The molecule has 0 aliphatic heterocycles. The minimum Gasteiger partial charge on any atom is -0.507 e. The number of phenolic OH excluding ortho intramolecular Hbond substituents is 1. The van der Waals surface area contributed by atoms with Crippen LogP contribution in [0.15, 0.2) is 10.6 Å². The van der Waals surface area contributed by atoms with E-state index in [1.807, 2.05) is 0 Å². The zero-order valence-corrected chi connectivity index (χ0v) is 21.4. The number of carbonyl (C=O) groups excluding carboxylic acids is 1. The lowest BCUT2D eigenvalue weighted by Crippen LogP contribution is -2.45. The zero-order chi connectivity index (χ0) is 29.3. The molecule has 6 rings (SSSR count).